The van der Waals surface area contributed by atoms with E-state index in [1.54, 1.807) is 10.8 Å². The van der Waals surface area contributed by atoms with Crippen LogP contribution in [0.15, 0.2) is 12.5 Å². The van der Waals surface area contributed by atoms with E-state index in [0.29, 0.717) is 16.2 Å². The van der Waals surface area contributed by atoms with E-state index in [-0.39, 0.29) is 6.61 Å². The molecule has 0 saturated carbocycles. The summed E-state index contributed by atoms with van der Waals surface area (Å²) in [7, 11) is 0. The van der Waals surface area contributed by atoms with Gasteiger partial charge in [0.15, 0.2) is 6.23 Å². The zero-order valence-corrected chi connectivity index (χ0v) is 12.9. The summed E-state index contributed by atoms with van der Waals surface area (Å²) in [6.07, 6.45) is -0.948. The smallest absolute Gasteiger partial charge is 0.164 e. The number of aliphatic hydroxyl groups is 3. The SMILES string of the molecule is OC[C@H]1O[C@@H](n2cc(I)c3c(Cl)ncnc32)[C@@H](O)[C@H]1O. The molecule has 0 amide bonds. The molecule has 4 atom stereocenters. The Balaban J connectivity index is 2.10. The van der Waals surface area contributed by atoms with Crippen LogP contribution in [0, 0.1) is 3.57 Å². The maximum absolute atomic E-state index is 10.1. The Morgan fingerprint density at radius 3 is 2.75 bits per heavy atom. The summed E-state index contributed by atoms with van der Waals surface area (Å²) in [5, 5.41) is 30.0. The first-order chi connectivity index (χ1) is 9.54. The number of fused-ring (bicyclic) bond motifs is 1. The highest BCUT2D eigenvalue weighted by Crippen LogP contribution is 2.35. The van der Waals surface area contributed by atoms with Crippen LogP contribution in [0.5, 0.6) is 0 Å². The molecule has 7 nitrogen and oxygen atoms in total. The van der Waals surface area contributed by atoms with Gasteiger partial charge in [-0.15, -0.1) is 0 Å². The third kappa shape index (κ3) is 2.11. The van der Waals surface area contributed by atoms with Gasteiger partial charge in [0, 0.05) is 9.77 Å². The maximum atomic E-state index is 10.1. The van der Waals surface area contributed by atoms with Crippen molar-refractivity contribution in [2.24, 2.45) is 0 Å². The molecule has 0 bridgehead atoms. The average molecular weight is 412 g/mol. The highest BCUT2D eigenvalue weighted by Gasteiger charge is 2.44. The second-order valence-electron chi connectivity index (χ2n) is 4.48. The van der Waals surface area contributed by atoms with Crippen molar-refractivity contribution in [2.45, 2.75) is 24.5 Å². The molecule has 3 N–H and O–H groups in total. The topological polar surface area (TPSA) is 101 Å². The molecule has 1 fully saturated rings. The van der Waals surface area contributed by atoms with Crippen LogP contribution >= 0.6 is 34.2 Å². The van der Waals surface area contributed by atoms with E-state index in [4.69, 9.17) is 21.4 Å². The molecule has 2 aromatic heterocycles. The largest absolute Gasteiger partial charge is 0.394 e. The van der Waals surface area contributed by atoms with Gasteiger partial charge in [-0.05, 0) is 22.6 Å². The molecule has 108 valence electrons. The molecule has 9 heteroatoms. The summed E-state index contributed by atoms with van der Waals surface area (Å²) in [6.45, 7) is -0.374. The molecular formula is C11H11ClIN3O4. The number of ether oxygens (including phenoxy) is 1. The molecule has 0 radical (unpaired) electrons. The molecule has 1 aliphatic heterocycles. The van der Waals surface area contributed by atoms with E-state index in [2.05, 4.69) is 32.6 Å². The van der Waals surface area contributed by atoms with Crippen LogP contribution in [0.2, 0.25) is 5.15 Å². The Morgan fingerprint density at radius 2 is 2.10 bits per heavy atom. The van der Waals surface area contributed by atoms with Crippen molar-refractivity contribution in [3.63, 3.8) is 0 Å². The van der Waals surface area contributed by atoms with Gasteiger partial charge in [-0.2, -0.15) is 0 Å². The number of nitrogens with zero attached hydrogens (tertiary/aromatic N) is 3. The monoisotopic (exact) mass is 411 g/mol. The number of rotatable bonds is 2. The van der Waals surface area contributed by atoms with E-state index < -0.39 is 24.5 Å². The predicted molar refractivity (Wildman–Crippen MR) is 78.3 cm³/mol. The van der Waals surface area contributed by atoms with Crippen LogP contribution in [0.1, 0.15) is 6.23 Å². The van der Waals surface area contributed by atoms with E-state index in [0.717, 1.165) is 3.57 Å². The minimum atomic E-state index is -1.16. The first-order valence-electron chi connectivity index (χ1n) is 5.83. The molecule has 2 aromatic rings. The van der Waals surface area contributed by atoms with Crippen LogP contribution in [0.4, 0.5) is 0 Å². The van der Waals surface area contributed by atoms with Crippen LogP contribution < -0.4 is 0 Å². The predicted octanol–water partition coefficient (Wildman–Crippen LogP) is 0.301. The van der Waals surface area contributed by atoms with Gasteiger partial charge in [0.1, 0.15) is 35.4 Å². The zero-order valence-electron chi connectivity index (χ0n) is 10.0. The lowest BCUT2D eigenvalue weighted by Gasteiger charge is -2.17. The number of aromatic nitrogens is 3. The number of aliphatic hydroxyl groups excluding tert-OH is 3. The Hall–Kier alpha value is -0.520. The Bertz CT molecular complexity index is 652. The maximum Gasteiger partial charge on any atom is 0.164 e. The van der Waals surface area contributed by atoms with Crippen molar-refractivity contribution < 1.29 is 20.1 Å². The molecule has 0 aromatic carbocycles. The highest BCUT2D eigenvalue weighted by molar-refractivity contribution is 14.1. The summed E-state index contributed by atoms with van der Waals surface area (Å²) in [6, 6.07) is 0. The van der Waals surface area contributed by atoms with Gasteiger partial charge in [-0.3, -0.25) is 0 Å². The Morgan fingerprint density at radius 1 is 1.35 bits per heavy atom. The second-order valence-corrected chi connectivity index (χ2v) is 6.00. The molecule has 0 unspecified atom stereocenters. The number of hydrogen-bond acceptors (Lipinski definition) is 6. The van der Waals surface area contributed by atoms with Crippen molar-refractivity contribution in [1.29, 1.82) is 0 Å². The third-order valence-electron chi connectivity index (χ3n) is 3.31. The van der Waals surface area contributed by atoms with Crippen LogP contribution in [-0.2, 0) is 4.74 Å². The number of halogens is 2. The molecule has 0 spiro atoms. The summed E-state index contributed by atoms with van der Waals surface area (Å²) < 4.78 is 7.89. The van der Waals surface area contributed by atoms with Crippen LogP contribution in [0.25, 0.3) is 11.0 Å². The van der Waals surface area contributed by atoms with Gasteiger partial charge >= 0.3 is 0 Å². The third-order valence-corrected chi connectivity index (χ3v) is 4.41. The first-order valence-corrected chi connectivity index (χ1v) is 7.29. The lowest BCUT2D eigenvalue weighted by atomic mass is 10.1. The molecule has 1 aliphatic rings. The molecular weight excluding hydrogens is 400 g/mol. The van der Waals surface area contributed by atoms with E-state index in [9.17, 15) is 10.2 Å². The summed E-state index contributed by atoms with van der Waals surface area (Å²) in [5.74, 6) is 0. The van der Waals surface area contributed by atoms with Crippen LogP contribution in [0.3, 0.4) is 0 Å². The van der Waals surface area contributed by atoms with Crippen molar-refractivity contribution in [1.82, 2.24) is 14.5 Å². The Labute approximate surface area is 132 Å². The fourth-order valence-electron chi connectivity index (χ4n) is 2.31. The fourth-order valence-corrected chi connectivity index (χ4v) is 3.49. The zero-order chi connectivity index (χ0) is 14.4. The van der Waals surface area contributed by atoms with Crippen molar-refractivity contribution in [2.75, 3.05) is 6.61 Å². The highest BCUT2D eigenvalue weighted by atomic mass is 127. The van der Waals surface area contributed by atoms with Gasteiger partial charge in [-0.1, -0.05) is 11.6 Å². The van der Waals surface area contributed by atoms with Crippen molar-refractivity contribution >= 4 is 45.2 Å². The van der Waals surface area contributed by atoms with Crippen molar-refractivity contribution in [3.8, 4) is 0 Å². The molecule has 0 aliphatic carbocycles. The fraction of sp³-hybridized carbons (Fsp3) is 0.455. The van der Waals surface area contributed by atoms with E-state index >= 15 is 0 Å². The normalized spacial score (nSPS) is 30.2. The van der Waals surface area contributed by atoms with Gasteiger partial charge in [0.2, 0.25) is 0 Å². The summed E-state index contributed by atoms with van der Waals surface area (Å²) in [4.78, 5) is 8.06. The second kappa shape index (κ2) is 5.35. The lowest BCUT2D eigenvalue weighted by Crippen LogP contribution is -2.33. The van der Waals surface area contributed by atoms with Crippen molar-refractivity contribution in [3.05, 3.63) is 21.2 Å². The molecule has 3 rings (SSSR count). The number of hydrogen-bond donors (Lipinski definition) is 3. The van der Waals surface area contributed by atoms with Gasteiger partial charge in [0.05, 0.1) is 12.0 Å². The lowest BCUT2D eigenvalue weighted by molar-refractivity contribution is -0.0509. The minimum absolute atomic E-state index is 0.310. The average Bonchev–Trinajstić information content (AvgIpc) is 2.90. The van der Waals surface area contributed by atoms with E-state index in [1.807, 2.05) is 0 Å². The molecule has 1 saturated heterocycles. The van der Waals surface area contributed by atoms with Crippen LogP contribution in [-0.4, -0.2) is 54.8 Å². The summed E-state index contributed by atoms with van der Waals surface area (Å²) in [5.41, 5.74) is 0.504. The standard InChI is InChI=1S/C11H11ClIN3O4/c12-9-6-4(13)1-16(10(6)15-3-14-9)11-8(19)7(18)5(2-17)20-11/h1,3,5,7-8,11,17-19H,2H2/t5-,7+,8+,11-/m1/s1. The minimum Gasteiger partial charge on any atom is -0.394 e. The molecule has 20 heavy (non-hydrogen) atoms. The quantitative estimate of drug-likeness (QED) is 0.485. The van der Waals surface area contributed by atoms with Gasteiger partial charge in [0.25, 0.3) is 0 Å². The van der Waals surface area contributed by atoms with Gasteiger partial charge < -0.3 is 24.6 Å². The van der Waals surface area contributed by atoms with Gasteiger partial charge in [-0.25, -0.2) is 9.97 Å². The van der Waals surface area contributed by atoms with E-state index in [1.165, 1.54) is 6.33 Å². The molecule has 3 heterocycles. The Kier molecular flexibility index (Phi) is 3.86. The first kappa shape index (κ1) is 14.4. The summed E-state index contributed by atoms with van der Waals surface area (Å²) >= 11 is 8.12.